The molecule has 0 atom stereocenters. The molecule has 24 heavy (non-hydrogen) atoms. The Bertz CT molecular complexity index is 861. The number of halogens is 1. The average Bonchev–Trinajstić information content (AvgIpc) is 3.12. The van der Waals surface area contributed by atoms with Crippen molar-refractivity contribution in [3.63, 3.8) is 0 Å². The Hall–Kier alpha value is -2.93. The molecular formula is C17H12BrN3O3. The zero-order valence-corrected chi connectivity index (χ0v) is 13.9. The molecule has 0 unspecified atom stereocenters. The number of benzene rings is 1. The van der Waals surface area contributed by atoms with Crippen LogP contribution in [0, 0.1) is 0 Å². The first kappa shape index (κ1) is 15.9. The highest BCUT2D eigenvalue weighted by atomic mass is 79.9. The Morgan fingerprint density at radius 1 is 1.00 bits per heavy atom. The predicted molar refractivity (Wildman–Crippen MR) is 93.0 cm³/mol. The Balaban J connectivity index is 1.71. The fourth-order valence-corrected chi connectivity index (χ4v) is 2.21. The van der Waals surface area contributed by atoms with Crippen molar-refractivity contribution in [2.75, 3.05) is 10.6 Å². The zero-order valence-electron chi connectivity index (χ0n) is 12.3. The number of amides is 2. The number of pyridine rings is 1. The van der Waals surface area contributed by atoms with Gasteiger partial charge in [-0.25, -0.2) is 4.98 Å². The maximum Gasteiger partial charge on any atom is 0.291 e. The topological polar surface area (TPSA) is 84.2 Å². The van der Waals surface area contributed by atoms with Crippen LogP contribution in [0.2, 0.25) is 0 Å². The second kappa shape index (κ2) is 7.10. The molecule has 3 rings (SSSR count). The van der Waals surface area contributed by atoms with E-state index in [-0.39, 0.29) is 17.6 Å². The van der Waals surface area contributed by atoms with Crippen molar-refractivity contribution in [1.29, 1.82) is 0 Å². The van der Waals surface area contributed by atoms with Gasteiger partial charge in [-0.1, -0.05) is 6.07 Å². The van der Waals surface area contributed by atoms with Gasteiger partial charge >= 0.3 is 0 Å². The number of aromatic nitrogens is 1. The largest absolute Gasteiger partial charge is 0.459 e. The molecule has 0 bridgehead atoms. The number of hydrogen-bond acceptors (Lipinski definition) is 4. The lowest BCUT2D eigenvalue weighted by Gasteiger charge is -2.07. The molecule has 0 saturated heterocycles. The van der Waals surface area contributed by atoms with Gasteiger partial charge in [-0.3, -0.25) is 9.59 Å². The van der Waals surface area contributed by atoms with E-state index in [0.717, 1.165) is 4.47 Å². The van der Waals surface area contributed by atoms with Gasteiger partial charge in [-0.05, 0) is 58.4 Å². The second-order valence-corrected chi connectivity index (χ2v) is 5.74. The third-order valence-corrected chi connectivity index (χ3v) is 3.57. The minimum atomic E-state index is -0.382. The minimum absolute atomic E-state index is 0.198. The highest BCUT2D eigenvalue weighted by Gasteiger charge is 2.11. The van der Waals surface area contributed by atoms with Crippen LogP contribution in [0.15, 0.2) is 69.9 Å². The maximum absolute atomic E-state index is 12.3. The summed E-state index contributed by atoms with van der Waals surface area (Å²) in [6.45, 7) is 0. The van der Waals surface area contributed by atoms with Crippen molar-refractivity contribution < 1.29 is 14.0 Å². The van der Waals surface area contributed by atoms with Gasteiger partial charge in [-0.15, -0.1) is 0 Å². The molecule has 120 valence electrons. The highest BCUT2D eigenvalue weighted by molar-refractivity contribution is 9.10. The number of hydrogen-bond donors (Lipinski definition) is 2. The van der Waals surface area contributed by atoms with E-state index in [0.29, 0.717) is 17.1 Å². The number of rotatable bonds is 4. The number of nitrogens with zero attached hydrogens (tertiary/aromatic N) is 1. The summed E-state index contributed by atoms with van der Waals surface area (Å²) in [4.78, 5) is 28.3. The second-order valence-electron chi connectivity index (χ2n) is 4.83. The van der Waals surface area contributed by atoms with Crippen LogP contribution in [0.4, 0.5) is 11.5 Å². The Morgan fingerprint density at radius 3 is 2.58 bits per heavy atom. The van der Waals surface area contributed by atoms with Crippen molar-refractivity contribution in [2.45, 2.75) is 0 Å². The third kappa shape index (κ3) is 3.88. The number of carbonyl (C=O) groups is 2. The predicted octanol–water partition coefficient (Wildman–Crippen LogP) is 3.94. The van der Waals surface area contributed by atoms with Crippen LogP contribution in [0.3, 0.4) is 0 Å². The van der Waals surface area contributed by atoms with E-state index in [1.807, 2.05) is 0 Å². The van der Waals surface area contributed by atoms with Gasteiger partial charge in [0.05, 0.1) is 6.26 Å². The van der Waals surface area contributed by atoms with Gasteiger partial charge in [0.25, 0.3) is 11.8 Å². The molecule has 7 heteroatoms. The van der Waals surface area contributed by atoms with E-state index in [1.165, 1.54) is 6.26 Å². The quantitative estimate of drug-likeness (QED) is 0.712. The summed E-state index contributed by atoms with van der Waals surface area (Å²) in [6, 6.07) is 13.3. The van der Waals surface area contributed by atoms with Gasteiger partial charge in [0.2, 0.25) is 0 Å². The van der Waals surface area contributed by atoms with E-state index >= 15 is 0 Å². The first-order valence-electron chi connectivity index (χ1n) is 6.99. The van der Waals surface area contributed by atoms with E-state index in [4.69, 9.17) is 4.42 Å². The van der Waals surface area contributed by atoms with Crippen molar-refractivity contribution in [1.82, 2.24) is 4.98 Å². The van der Waals surface area contributed by atoms with Crippen LogP contribution in [0.1, 0.15) is 20.9 Å². The van der Waals surface area contributed by atoms with Gasteiger partial charge in [0, 0.05) is 21.9 Å². The number of anilines is 2. The molecule has 6 nitrogen and oxygen atoms in total. The molecule has 2 heterocycles. The molecule has 3 aromatic rings. The lowest BCUT2D eigenvalue weighted by molar-refractivity contribution is 0.0993. The standard InChI is InChI=1S/C17H12BrN3O3/c18-12-6-7-15(19-10-12)21-16(22)11-3-1-4-13(9-11)20-17(23)14-5-2-8-24-14/h1-10H,(H,20,23)(H,19,21,22). The summed E-state index contributed by atoms with van der Waals surface area (Å²) in [7, 11) is 0. The number of furan rings is 1. The fourth-order valence-electron chi connectivity index (χ4n) is 1.98. The molecule has 2 amide bonds. The number of nitrogens with one attached hydrogen (secondary N) is 2. The van der Waals surface area contributed by atoms with Gasteiger partial charge in [-0.2, -0.15) is 0 Å². The SMILES string of the molecule is O=C(Nc1ccc(Br)cn1)c1cccc(NC(=O)c2ccco2)c1. The summed E-state index contributed by atoms with van der Waals surface area (Å²) in [6.07, 6.45) is 3.01. The zero-order chi connectivity index (χ0) is 16.9. The summed E-state index contributed by atoms with van der Waals surface area (Å²) in [5.41, 5.74) is 0.893. The van der Waals surface area contributed by atoms with Gasteiger partial charge in [0.15, 0.2) is 5.76 Å². The molecule has 0 spiro atoms. The Labute approximate surface area is 146 Å². The highest BCUT2D eigenvalue weighted by Crippen LogP contribution is 2.15. The van der Waals surface area contributed by atoms with Crippen LogP contribution >= 0.6 is 15.9 Å². The maximum atomic E-state index is 12.3. The molecule has 1 aromatic carbocycles. The van der Waals surface area contributed by atoms with Crippen LogP contribution in [-0.2, 0) is 0 Å². The Morgan fingerprint density at radius 2 is 1.88 bits per heavy atom. The lowest BCUT2D eigenvalue weighted by atomic mass is 10.2. The lowest BCUT2D eigenvalue weighted by Crippen LogP contribution is -2.14. The van der Waals surface area contributed by atoms with Crippen LogP contribution in [0.5, 0.6) is 0 Å². The summed E-state index contributed by atoms with van der Waals surface area (Å²) < 4.78 is 5.85. The van der Waals surface area contributed by atoms with Crippen LogP contribution in [-0.4, -0.2) is 16.8 Å². The van der Waals surface area contributed by atoms with Gasteiger partial charge < -0.3 is 15.1 Å². The van der Waals surface area contributed by atoms with E-state index in [1.54, 1.807) is 54.7 Å². The van der Waals surface area contributed by atoms with E-state index in [2.05, 4.69) is 31.5 Å². The monoisotopic (exact) mass is 385 g/mol. The van der Waals surface area contributed by atoms with Crippen molar-refractivity contribution in [2.24, 2.45) is 0 Å². The third-order valence-electron chi connectivity index (χ3n) is 3.10. The molecule has 0 saturated carbocycles. The summed E-state index contributed by atoms with van der Waals surface area (Å²) in [5.74, 6) is -0.0665. The average molecular weight is 386 g/mol. The normalized spacial score (nSPS) is 10.2. The van der Waals surface area contributed by atoms with Crippen LogP contribution < -0.4 is 10.6 Å². The van der Waals surface area contributed by atoms with Crippen molar-refractivity contribution in [3.05, 3.63) is 76.8 Å². The molecule has 0 aliphatic carbocycles. The molecule has 2 N–H and O–H groups in total. The van der Waals surface area contributed by atoms with Crippen LogP contribution in [0.25, 0.3) is 0 Å². The minimum Gasteiger partial charge on any atom is -0.459 e. The molecule has 0 aliphatic rings. The summed E-state index contributed by atoms with van der Waals surface area (Å²) in [5, 5.41) is 5.37. The van der Waals surface area contributed by atoms with Crippen molar-refractivity contribution in [3.8, 4) is 0 Å². The fraction of sp³-hybridized carbons (Fsp3) is 0. The first-order valence-corrected chi connectivity index (χ1v) is 7.79. The van der Waals surface area contributed by atoms with E-state index in [9.17, 15) is 9.59 Å². The molecule has 2 aromatic heterocycles. The summed E-state index contributed by atoms with van der Waals surface area (Å²) >= 11 is 3.28. The molecular weight excluding hydrogens is 374 g/mol. The molecule has 0 radical (unpaired) electrons. The molecule has 0 aliphatic heterocycles. The van der Waals surface area contributed by atoms with E-state index < -0.39 is 0 Å². The number of carbonyl (C=O) groups excluding carboxylic acids is 2. The molecule has 0 fully saturated rings. The Kier molecular flexibility index (Phi) is 4.72. The van der Waals surface area contributed by atoms with Gasteiger partial charge in [0.1, 0.15) is 5.82 Å². The first-order chi connectivity index (χ1) is 11.6. The smallest absolute Gasteiger partial charge is 0.291 e. The van der Waals surface area contributed by atoms with Crippen molar-refractivity contribution >= 4 is 39.2 Å².